The van der Waals surface area contributed by atoms with Crippen LogP contribution in [0.4, 0.5) is 0 Å². The predicted molar refractivity (Wildman–Crippen MR) is 81.0 cm³/mol. The Labute approximate surface area is 128 Å². The lowest BCUT2D eigenvalue weighted by molar-refractivity contribution is 0.0920. The van der Waals surface area contributed by atoms with Gasteiger partial charge in [-0.1, -0.05) is 6.07 Å². The standard InChI is InChI=1S/C17H18N2O3/c1-11-15-13(20)6-4-7-14(15)22-16(11)17(21)19-10-8-12-5-2-3-9-18-12/h2-3,5,9H,4,6-8,10H2,1H3,(H,19,21). The first-order valence-electron chi connectivity index (χ1n) is 7.50. The summed E-state index contributed by atoms with van der Waals surface area (Å²) in [5.74, 6) is 0.732. The third-order valence-corrected chi connectivity index (χ3v) is 3.91. The van der Waals surface area contributed by atoms with Crippen molar-refractivity contribution in [3.63, 3.8) is 0 Å². The van der Waals surface area contributed by atoms with Gasteiger partial charge in [-0.15, -0.1) is 0 Å². The van der Waals surface area contributed by atoms with Gasteiger partial charge in [-0.3, -0.25) is 14.6 Å². The molecule has 0 spiro atoms. The molecule has 5 heteroatoms. The number of carbonyl (C=O) groups excluding carboxylic acids is 2. The molecule has 1 aliphatic carbocycles. The number of hydrogen-bond donors (Lipinski definition) is 1. The number of carbonyl (C=O) groups is 2. The van der Waals surface area contributed by atoms with Crippen molar-refractivity contribution in [1.82, 2.24) is 10.3 Å². The third-order valence-electron chi connectivity index (χ3n) is 3.91. The fourth-order valence-corrected chi connectivity index (χ4v) is 2.80. The van der Waals surface area contributed by atoms with Gasteiger partial charge < -0.3 is 9.73 Å². The lowest BCUT2D eigenvalue weighted by atomic mass is 9.94. The topological polar surface area (TPSA) is 72.2 Å². The number of aromatic nitrogens is 1. The Morgan fingerprint density at radius 3 is 2.95 bits per heavy atom. The van der Waals surface area contributed by atoms with Crippen LogP contribution in [0.3, 0.4) is 0 Å². The van der Waals surface area contributed by atoms with Crippen molar-refractivity contribution in [2.24, 2.45) is 0 Å². The highest BCUT2D eigenvalue weighted by molar-refractivity contribution is 6.03. The molecule has 1 amide bonds. The van der Waals surface area contributed by atoms with E-state index in [1.54, 1.807) is 13.1 Å². The molecule has 22 heavy (non-hydrogen) atoms. The second-order valence-corrected chi connectivity index (χ2v) is 5.46. The minimum atomic E-state index is -0.268. The summed E-state index contributed by atoms with van der Waals surface area (Å²) in [5, 5.41) is 2.83. The summed E-state index contributed by atoms with van der Waals surface area (Å²) in [7, 11) is 0. The molecule has 114 valence electrons. The summed E-state index contributed by atoms with van der Waals surface area (Å²) >= 11 is 0. The molecular weight excluding hydrogens is 280 g/mol. The van der Waals surface area contributed by atoms with Crippen molar-refractivity contribution in [1.29, 1.82) is 0 Å². The van der Waals surface area contributed by atoms with Crippen LogP contribution in [0.25, 0.3) is 0 Å². The maximum absolute atomic E-state index is 12.2. The largest absolute Gasteiger partial charge is 0.455 e. The average Bonchev–Trinajstić information content (AvgIpc) is 2.87. The first-order chi connectivity index (χ1) is 10.7. The lowest BCUT2D eigenvalue weighted by Crippen LogP contribution is -2.26. The number of fused-ring (bicyclic) bond motifs is 1. The van der Waals surface area contributed by atoms with E-state index in [2.05, 4.69) is 10.3 Å². The van der Waals surface area contributed by atoms with E-state index in [9.17, 15) is 9.59 Å². The fourth-order valence-electron chi connectivity index (χ4n) is 2.80. The zero-order valence-corrected chi connectivity index (χ0v) is 12.5. The predicted octanol–water partition coefficient (Wildman–Crippen LogP) is 2.47. The molecule has 0 bridgehead atoms. The molecule has 2 aromatic heterocycles. The molecule has 0 aromatic carbocycles. The van der Waals surface area contributed by atoms with Gasteiger partial charge in [0.2, 0.25) is 0 Å². The van der Waals surface area contributed by atoms with Crippen LogP contribution < -0.4 is 5.32 Å². The third kappa shape index (κ3) is 2.79. The summed E-state index contributed by atoms with van der Waals surface area (Å²) in [6.07, 6.45) is 4.44. The zero-order valence-electron chi connectivity index (χ0n) is 12.5. The van der Waals surface area contributed by atoms with Crippen molar-refractivity contribution in [3.05, 3.63) is 52.7 Å². The molecule has 0 saturated heterocycles. The molecule has 0 fully saturated rings. The summed E-state index contributed by atoms with van der Waals surface area (Å²) in [5.41, 5.74) is 2.20. The van der Waals surface area contributed by atoms with Gasteiger partial charge in [0, 0.05) is 43.3 Å². The highest BCUT2D eigenvalue weighted by Gasteiger charge is 2.28. The summed E-state index contributed by atoms with van der Waals surface area (Å²) in [6.45, 7) is 2.26. The van der Waals surface area contributed by atoms with E-state index in [1.165, 1.54) is 0 Å². The maximum atomic E-state index is 12.2. The number of pyridine rings is 1. The quantitative estimate of drug-likeness (QED) is 0.941. The molecule has 0 unspecified atom stereocenters. The lowest BCUT2D eigenvalue weighted by Gasteiger charge is -2.07. The number of rotatable bonds is 4. The number of hydrogen-bond acceptors (Lipinski definition) is 4. The van der Waals surface area contributed by atoms with E-state index >= 15 is 0 Å². The van der Waals surface area contributed by atoms with Gasteiger partial charge in [0.05, 0.1) is 5.56 Å². The van der Waals surface area contributed by atoms with Gasteiger partial charge >= 0.3 is 0 Å². The number of nitrogens with one attached hydrogen (secondary N) is 1. The number of nitrogens with zero attached hydrogens (tertiary/aromatic N) is 1. The van der Waals surface area contributed by atoms with E-state index in [4.69, 9.17) is 4.42 Å². The van der Waals surface area contributed by atoms with Crippen LogP contribution >= 0.6 is 0 Å². The van der Waals surface area contributed by atoms with Crippen LogP contribution in [0.15, 0.2) is 28.8 Å². The number of furan rings is 1. The SMILES string of the molecule is Cc1c(C(=O)NCCc2ccccn2)oc2c1C(=O)CCC2. The molecule has 0 aliphatic heterocycles. The Balaban J connectivity index is 1.67. The zero-order chi connectivity index (χ0) is 15.5. The monoisotopic (exact) mass is 298 g/mol. The Bertz CT molecular complexity index is 704. The van der Waals surface area contributed by atoms with Crippen molar-refractivity contribution in [2.75, 3.05) is 6.54 Å². The smallest absolute Gasteiger partial charge is 0.287 e. The van der Waals surface area contributed by atoms with Crippen LogP contribution in [0, 0.1) is 6.92 Å². The van der Waals surface area contributed by atoms with Crippen LogP contribution in [0.5, 0.6) is 0 Å². The second kappa shape index (κ2) is 6.13. The van der Waals surface area contributed by atoms with Crippen molar-refractivity contribution < 1.29 is 14.0 Å². The molecule has 1 aliphatic rings. The highest BCUT2D eigenvalue weighted by Crippen LogP contribution is 2.29. The van der Waals surface area contributed by atoms with E-state index < -0.39 is 0 Å². The van der Waals surface area contributed by atoms with Gasteiger partial charge in [-0.2, -0.15) is 0 Å². The highest BCUT2D eigenvalue weighted by atomic mass is 16.4. The summed E-state index contributed by atoms with van der Waals surface area (Å²) in [4.78, 5) is 28.4. The normalized spacial score (nSPS) is 13.8. The van der Waals surface area contributed by atoms with Crippen LogP contribution in [-0.2, 0) is 12.8 Å². The fraction of sp³-hybridized carbons (Fsp3) is 0.353. The number of Topliss-reactive ketones (excluding diaryl/α,β-unsaturated/α-hetero) is 1. The number of amides is 1. The van der Waals surface area contributed by atoms with Gasteiger partial charge in [-0.25, -0.2) is 0 Å². The minimum absolute atomic E-state index is 0.0787. The molecule has 0 radical (unpaired) electrons. The van der Waals surface area contributed by atoms with Crippen LogP contribution in [0.1, 0.15) is 50.8 Å². The Hall–Kier alpha value is -2.43. The second-order valence-electron chi connectivity index (χ2n) is 5.46. The summed E-state index contributed by atoms with van der Waals surface area (Å²) < 4.78 is 5.62. The van der Waals surface area contributed by atoms with Crippen molar-refractivity contribution in [3.8, 4) is 0 Å². The number of ketones is 1. The Morgan fingerprint density at radius 1 is 1.36 bits per heavy atom. The van der Waals surface area contributed by atoms with Gasteiger partial charge in [-0.05, 0) is 25.5 Å². The van der Waals surface area contributed by atoms with Crippen LogP contribution in [0.2, 0.25) is 0 Å². The average molecular weight is 298 g/mol. The molecule has 2 heterocycles. The van der Waals surface area contributed by atoms with Crippen molar-refractivity contribution >= 4 is 11.7 Å². The van der Waals surface area contributed by atoms with E-state index in [0.29, 0.717) is 36.3 Å². The first kappa shape index (κ1) is 14.5. The molecule has 1 N–H and O–H groups in total. The molecule has 2 aromatic rings. The van der Waals surface area contributed by atoms with E-state index in [-0.39, 0.29) is 17.5 Å². The maximum Gasteiger partial charge on any atom is 0.287 e. The van der Waals surface area contributed by atoms with Gasteiger partial charge in [0.25, 0.3) is 5.91 Å². The molecule has 0 saturated carbocycles. The molecule has 5 nitrogen and oxygen atoms in total. The molecule has 0 atom stereocenters. The minimum Gasteiger partial charge on any atom is -0.455 e. The van der Waals surface area contributed by atoms with Gasteiger partial charge in [0.1, 0.15) is 5.76 Å². The number of aryl methyl sites for hydroxylation is 1. The van der Waals surface area contributed by atoms with E-state index in [1.807, 2.05) is 18.2 Å². The molecular formula is C17H18N2O3. The Kier molecular flexibility index (Phi) is 4.04. The Morgan fingerprint density at radius 2 is 2.23 bits per heavy atom. The summed E-state index contributed by atoms with van der Waals surface area (Å²) in [6, 6.07) is 5.69. The van der Waals surface area contributed by atoms with Crippen LogP contribution in [-0.4, -0.2) is 23.2 Å². The first-order valence-corrected chi connectivity index (χ1v) is 7.50. The van der Waals surface area contributed by atoms with E-state index in [0.717, 1.165) is 18.5 Å². The van der Waals surface area contributed by atoms with Gasteiger partial charge in [0.15, 0.2) is 11.5 Å². The van der Waals surface area contributed by atoms with Crippen molar-refractivity contribution in [2.45, 2.75) is 32.6 Å². The molecule has 3 rings (SSSR count).